The summed E-state index contributed by atoms with van der Waals surface area (Å²) in [6.07, 6.45) is 4.24. The Morgan fingerprint density at radius 3 is 2.46 bits per heavy atom. The molecular formula is C11H18O2. The molecule has 1 saturated heterocycles. The van der Waals surface area contributed by atoms with Crippen LogP contribution in [0.3, 0.4) is 0 Å². The van der Waals surface area contributed by atoms with Gasteiger partial charge in [0, 0.05) is 11.5 Å². The number of hydrogen-bond acceptors (Lipinski definition) is 2. The fourth-order valence-corrected chi connectivity index (χ4v) is 1.89. The van der Waals surface area contributed by atoms with Gasteiger partial charge in [-0.05, 0) is 12.8 Å². The molecule has 0 aromatic heterocycles. The first-order valence-corrected chi connectivity index (χ1v) is 5.10. The Morgan fingerprint density at radius 2 is 1.92 bits per heavy atom. The van der Waals surface area contributed by atoms with Gasteiger partial charge in [-0.1, -0.05) is 33.3 Å². The molecule has 1 heterocycles. The van der Waals surface area contributed by atoms with E-state index in [1.54, 1.807) is 0 Å². The zero-order valence-electron chi connectivity index (χ0n) is 8.51. The second kappa shape index (κ2) is 4.45. The van der Waals surface area contributed by atoms with Gasteiger partial charge in [0.05, 0.1) is 0 Å². The minimum atomic E-state index is -0.183. The lowest BCUT2D eigenvalue weighted by Gasteiger charge is -2.15. The molecule has 74 valence electrons. The van der Waals surface area contributed by atoms with Gasteiger partial charge in [0.1, 0.15) is 6.10 Å². The minimum Gasteiger partial charge on any atom is -0.458 e. The summed E-state index contributed by atoms with van der Waals surface area (Å²) in [6, 6.07) is 0. The van der Waals surface area contributed by atoms with E-state index in [9.17, 15) is 4.79 Å². The van der Waals surface area contributed by atoms with Crippen molar-refractivity contribution in [2.24, 2.45) is 5.92 Å². The fraction of sp³-hybridized carbons (Fsp3) is 0.727. The second-order valence-corrected chi connectivity index (χ2v) is 3.65. The van der Waals surface area contributed by atoms with Gasteiger partial charge in [-0.15, -0.1) is 0 Å². The lowest BCUT2D eigenvalue weighted by Crippen LogP contribution is -2.15. The number of hydrogen-bond donors (Lipinski definition) is 0. The van der Waals surface area contributed by atoms with Crippen molar-refractivity contribution in [3.05, 3.63) is 12.2 Å². The number of ether oxygens (including phenoxy) is 1. The minimum absolute atomic E-state index is 0.102. The highest BCUT2D eigenvalue weighted by molar-refractivity contribution is 5.90. The third-order valence-electron chi connectivity index (χ3n) is 2.59. The monoisotopic (exact) mass is 182 g/mol. The van der Waals surface area contributed by atoms with Crippen molar-refractivity contribution in [3.63, 3.8) is 0 Å². The average molecular weight is 182 g/mol. The van der Waals surface area contributed by atoms with Gasteiger partial charge in [-0.25, -0.2) is 4.79 Å². The van der Waals surface area contributed by atoms with Crippen LogP contribution in [-0.4, -0.2) is 12.1 Å². The smallest absolute Gasteiger partial charge is 0.334 e. The second-order valence-electron chi connectivity index (χ2n) is 3.65. The highest BCUT2D eigenvalue weighted by atomic mass is 16.6. The van der Waals surface area contributed by atoms with E-state index in [4.69, 9.17) is 4.74 Å². The lowest BCUT2D eigenvalue weighted by atomic mass is 9.90. The van der Waals surface area contributed by atoms with E-state index >= 15 is 0 Å². The summed E-state index contributed by atoms with van der Waals surface area (Å²) in [6.45, 7) is 8.03. The zero-order chi connectivity index (χ0) is 9.84. The van der Waals surface area contributed by atoms with Crippen molar-refractivity contribution < 1.29 is 9.53 Å². The topological polar surface area (TPSA) is 26.3 Å². The Labute approximate surface area is 80.0 Å². The number of carbonyl (C=O) groups is 1. The standard InChI is InChI=1S/C11H18O2/c1-4-6-9-8(3)11(12)13-10(9)7-5-2/h9-10H,3-7H2,1-2H3/t9-,10-/m0/s1. The Hall–Kier alpha value is -0.790. The predicted octanol–water partition coefficient (Wildman–Crippen LogP) is 2.68. The molecule has 0 aromatic rings. The van der Waals surface area contributed by atoms with Gasteiger partial charge < -0.3 is 4.74 Å². The molecule has 0 spiro atoms. The lowest BCUT2D eigenvalue weighted by molar-refractivity contribution is -0.139. The molecular weight excluding hydrogens is 164 g/mol. The van der Waals surface area contributed by atoms with E-state index in [1.807, 2.05) is 0 Å². The Bertz CT molecular complexity index is 208. The molecule has 0 aromatic carbocycles. The van der Waals surface area contributed by atoms with Gasteiger partial charge in [0.15, 0.2) is 0 Å². The summed E-state index contributed by atoms with van der Waals surface area (Å²) in [4.78, 5) is 11.2. The fourth-order valence-electron chi connectivity index (χ4n) is 1.89. The number of esters is 1. The molecule has 0 aliphatic carbocycles. The molecule has 0 saturated carbocycles. The number of carbonyl (C=O) groups excluding carboxylic acids is 1. The highest BCUT2D eigenvalue weighted by Crippen LogP contribution is 2.32. The molecule has 2 atom stereocenters. The summed E-state index contributed by atoms with van der Waals surface area (Å²) in [7, 11) is 0. The van der Waals surface area contributed by atoms with Crippen LogP contribution in [0.5, 0.6) is 0 Å². The first-order chi connectivity index (χ1) is 6.20. The largest absolute Gasteiger partial charge is 0.458 e. The van der Waals surface area contributed by atoms with Crippen molar-refractivity contribution in [3.8, 4) is 0 Å². The van der Waals surface area contributed by atoms with Crippen molar-refractivity contribution in [2.45, 2.75) is 45.6 Å². The van der Waals surface area contributed by atoms with Crippen LogP contribution in [-0.2, 0) is 9.53 Å². The molecule has 1 aliphatic heterocycles. The number of rotatable bonds is 4. The van der Waals surface area contributed by atoms with Crippen molar-refractivity contribution in [1.82, 2.24) is 0 Å². The molecule has 2 nitrogen and oxygen atoms in total. The maximum atomic E-state index is 11.2. The average Bonchev–Trinajstić information content (AvgIpc) is 2.34. The molecule has 0 N–H and O–H groups in total. The van der Waals surface area contributed by atoms with E-state index in [0.717, 1.165) is 25.7 Å². The summed E-state index contributed by atoms with van der Waals surface area (Å²) >= 11 is 0. The van der Waals surface area contributed by atoms with E-state index in [2.05, 4.69) is 20.4 Å². The summed E-state index contributed by atoms with van der Waals surface area (Å²) in [5.41, 5.74) is 0.681. The van der Waals surface area contributed by atoms with E-state index in [-0.39, 0.29) is 18.0 Å². The van der Waals surface area contributed by atoms with Crippen LogP contribution >= 0.6 is 0 Å². The molecule has 0 bridgehead atoms. The Morgan fingerprint density at radius 1 is 1.31 bits per heavy atom. The van der Waals surface area contributed by atoms with E-state index < -0.39 is 0 Å². The zero-order valence-corrected chi connectivity index (χ0v) is 8.51. The molecule has 0 amide bonds. The third kappa shape index (κ3) is 2.11. The van der Waals surface area contributed by atoms with Crippen LogP contribution in [0, 0.1) is 5.92 Å². The van der Waals surface area contributed by atoms with E-state index in [0.29, 0.717) is 5.57 Å². The van der Waals surface area contributed by atoms with Gasteiger partial charge >= 0.3 is 5.97 Å². The van der Waals surface area contributed by atoms with Crippen molar-refractivity contribution in [1.29, 1.82) is 0 Å². The van der Waals surface area contributed by atoms with E-state index in [1.165, 1.54) is 0 Å². The van der Waals surface area contributed by atoms with Crippen molar-refractivity contribution >= 4 is 5.97 Å². The SMILES string of the molecule is C=C1C(=O)O[C@@H](CCC)[C@H]1CCC. The molecule has 1 fully saturated rings. The predicted molar refractivity (Wildman–Crippen MR) is 52.3 cm³/mol. The molecule has 2 heteroatoms. The molecule has 1 aliphatic rings. The van der Waals surface area contributed by atoms with Crippen LogP contribution in [0.2, 0.25) is 0 Å². The van der Waals surface area contributed by atoms with Crippen LogP contribution in [0.25, 0.3) is 0 Å². The summed E-state index contributed by atoms with van der Waals surface area (Å²) < 4.78 is 5.24. The highest BCUT2D eigenvalue weighted by Gasteiger charge is 2.36. The molecule has 0 unspecified atom stereocenters. The van der Waals surface area contributed by atoms with Gasteiger partial charge in [-0.3, -0.25) is 0 Å². The summed E-state index contributed by atoms with van der Waals surface area (Å²) in [5, 5.41) is 0. The molecule has 1 rings (SSSR count). The molecule has 0 radical (unpaired) electrons. The normalized spacial score (nSPS) is 27.8. The van der Waals surface area contributed by atoms with Gasteiger partial charge in [0.25, 0.3) is 0 Å². The summed E-state index contributed by atoms with van der Waals surface area (Å²) in [5.74, 6) is 0.0920. The van der Waals surface area contributed by atoms with Gasteiger partial charge in [0.2, 0.25) is 0 Å². The maximum absolute atomic E-state index is 11.2. The molecule has 13 heavy (non-hydrogen) atoms. The Balaban J connectivity index is 2.62. The maximum Gasteiger partial charge on any atom is 0.334 e. The van der Waals surface area contributed by atoms with Crippen LogP contribution in [0.4, 0.5) is 0 Å². The van der Waals surface area contributed by atoms with Crippen LogP contribution in [0.15, 0.2) is 12.2 Å². The first kappa shape index (κ1) is 10.3. The van der Waals surface area contributed by atoms with Crippen LogP contribution < -0.4 is 0 Å². The van der Waals surface area contributed by atoms with Crippen LogP contribution in [0.1, 0.15) is 39.5 Å². The van der Waals surface area contributed by atoms with Gasteiger partial charge in [-0.2, -0.15) is 0 Å². The number of cyclic esters (lactones) is 1. The Kier molecular flexibility index (Phi) is 3.52. The quantitative estimate of drug-likeness (QED) is 0.493. The third-order valence-corrected chi connectivity index (χ3v) is 2.59. The van der Waals surface area contributed by atoms with Crippen molar-refractivity contribution in [2.75, 3.05) is 0 Å². The first-order valence-electron chi connectivity index (χ1n) is 5.10.